The van der Waals surface area contributed by atoms with Gasteiger partial charge >= 0.3 is 22.7 Å². The smallest absolute Gasteiger partial charge is 0.449 e. The van der Waals surface area contributed by atoms with E-state index in [9.17, 15) is 18.0 Å². The zero-order valence-electron chi connectivity index (χ0n) is 6.65. The van der Waals surface area contributed by atoms with Crippen molar-refractivity contribution in [2.45, 2.75) is 0 Å². The molecule has 8 nitrogen and oxygen atoms in total. The van der Waals surface area contributed by atoms with E-state index in [1.807, 2.05) is 0 Å². The SMILES string of the molecule is O=C(O)OS(=O)(=O)OC(=O)O.[Co].[Co].[Cu].[Cu].[Ni].[Ni]. The molecule has 0 unspecified atom stereocenters. The standard InChI is InChI=1S/C2H2O8S.2Co.2Cu.2Ni/c3-1(4)9-11(7,8)10-2(5)6;;;;;;/h(H,3,4)(H,5,6);;;;;;. The first-order valence-corrected chi connectivity index (χ1v) is 3.26. The van der Waals surface area contributed by atoms with Crippen LogP contribution in [0.15, 0.2) is 0 Å². The summed E-state index contributed by atoms with van der Waals surface area (Å²) in [6.45, 7) is 0. The Hall–Kier alpha value is 1.53. The van der Waals surface area contributed by atoms with Crippen LogP contribution in [-0.4, -0.2) is 30.9 Å². The Morgan fingerprint density at radius 1 is 0.824 bits per heavy atom. The van der Waals surface area contributed by atoms with Crippen LogP contribution in [0.2, 0.25) is 0 Å². The van der Waals surface area contributed by atoms with Crippen molar-refractivity contribution in [3.05, 3.63) is 0 Å². The molecular weight excluding hydrogens is 546 g/mol. The Morgan fingerprint density at radius 2 is 1.00 bits per heavy atom. The molecule has 0 aliphatic rings. The van der Waals surface area contributed by atoms with Gasteiger partial charge in [0.15, 0.2) is 0 Å². The van der Waals surface area contributed by atoms with Gasteiger partial charge in [-0.3, -0.25) is 8.37 Å². The summed E-state index contributed by atoms with van der Waals surface area (Å²) >= 11 is 0. The van der Waals surface area contributed by atoms with E-state index in [4.69, 9.17) is 10.2 Å². The monoisotopic (exact) mass is 546 g/mol. The van der Waals surface area contributed by atoms with Crippen LogP contribution in [-0.2, 0) is 119 Å². The van der Waals surface area contributed by atoms with E-state index < -0.39 is 22.7 Å². The van der Waals surface area contributed by atoms with Crippen LogP contribution in [0, 0.1) is 0 Å². The maximum Gasteiger partial charge on any atom is 0.524 e. The molecule has 0 amide bonds. The minimum atomic E-state index is -4.98. The van der Waals surface area contributed by atoms with E-state index in [2.05, 4.69) is 8.37 Å². The summed E-state index contributed by atoms with van der Waals surface area (Å²) in [6, 6.07) is 0. The number of hydrogen-bond donors (Lipinski definition) is 2. The molecule has 4 radical (unpaired) electrons. The fourth-order valence-electron chi connectivity index (χ4n) is 0.192. The molecule has 15 heteroatoms. The molecule has 0 heterocycles. The summed E-state index contributed by atoms with van der Waals surface area (Å²) in [6.07, 6.45) is -4.35. The molecule has 0 aromatic carbocycles. The Balaban J connectivity index is -0.0000000333. The predicted octanol–water partition coefficient (Wildman–Crippen LogP) is -0.395. The Morgan fingerprint density at radius 3 is 1.12 bits per heavy atom. The fourth-order valence-corrected chi connectivity index (χ4v) is 0.575. The third kappa shape index (κ3) is 31.8. The molecule has 0 aromatic rings. The van der Waals surface area contributed by atoms with Crippen molar-refractivity contribution in [1.82, 2.24) is 0 Å². The molecule has 0 atom stereocenters. The Labute approximate surface area is 158 Å². The summed E-state index contributed by atoms with van der Waals surface area (Å²) in [5.41, 5.74) is 0. The van der Waals surface area contributed by atoms with Gasteiger partial charge in [-0.15, -0.1) is 8.42 Å². The van der Waals surface area contributed by atoms with Crippen molar-refractivity contribution in [2.24, 2.45) is 0 Å². The number of rotatable bonds is 2. The molecule has 0 spiro atoms. The third-order valence-corrected chi connectivity index (χ3v) is 1.04. The van der Waals surface area contributed by atoms with Gasteiger partial charge in [0.2, 0.25) is 0 Å². The van der Waals surface area contributed by atoms with Crippen LogP contribution in [0.3, 0.4) is 0 Å². The van der Waals surface area contributed by atoms with Gasteiger partial charge in [0.1, 0.15) is 0 Å². The van der Waals surface area contributed by atoms with Gasteiger partial charge in [0.05, 0.1) is 0 Å². The number of carboxylic acid groups (broad SMARTS) is 2. The molecule has 17 heavy (non-hydrogen) atoms. The van der Waals surface area contributed by atoms with E-state index in [1.165, 1.54) is 0 Å². The van der Waals surface area contributed by atoms with Gasteiger partial charge in [-0.1, -0.05) is 0 Å². The van der Waals surface area contributed by atoms with Crippen molar-refractivity contribution < 1.29 is 137 Å². The van der Waals surface area contributed by atoms with Crippen LogP contribution in [0.5, 0.6) is 0 Å². The minimum absolute atomic E-state index is 0. The summed E-state index contributed by atoms with van der Waals surface area (Å²) in [5, 5.41) is 15.4. The zero-order valence-corrected chi connectivity index (χ0v) is 13.4. The maximum absolute atomic E-state index is 10.0. The van der Waals surface area contributed by atoms with Crippen molar-refractivity contribution in [2.75, 3.05) is 0 Å². The first-order valence-electron chi connectivity index (χ1n) is 1.93. The Kier molecular flexibility index (Phi) is 50.0. The summed E-state index contributed by atoms with van der Waals surface area (Å²) < 4.78 is 26.2. The predicted molar refractivity (Wildman–Crippen MR) is 27.1 cm³/mol. The fraction of sp³-hybridized carbons (Fsp3) is 0. The van der Waals surface area contributed by atoms with E-state index in [1.54, 1.807) is 0 Å². The van der Waals surface area contributed by atoms with Crippen molar-refractivity contribution in [3.8, 4) is 0 Å². The Bertz CT molecular complexity index is 263. The normalized spacial score (nSPS) is 6.59. The molecule has 0 aromatic heterocycles. The van der Waals surface area contributed by atoms with Gasteiger partial charge in [0.25, 0.3) is 0 Å². The average molecular weight is 548 g/mol. The van der Waals surface area contributed by atoms with E-state index in [0.29, 0.717) is 0 Å². The van der Waals surface area contributed by atoms with E-state index in [0.717, 1.165) is 0 Å². The molecule has 2 N–H and O–H groups in total. The molecule has 0 fully saturated rings. The third-order valence-electron chi connectivity index (χ3n) is 0.347. The number of hydrogen-bond acceptors (Lipinski definition) is 6. The van der Waals surface area contributed by atoms with E-state index in [-0.39, 0.29) is 101 Å². The second kappa shape index (κ2) is 19.9. The molecule has 0 rings (SSSR count). The molecule has 0 bridgehead atoms. The second-order valence-electron chi connectivity index (χ2n) is 1.11. The molecule has 124 valence electrons. The number of carbonyl (C=O) groups is 2. The zero-order chi connectivity index (χ0) is 9.07. The quantitative estimate of drug-likeness (QED) is 0.447. The maximum atomic E-state index is 10.0. The molecular formula is C2H2Co2Cu2Ni2O8S. The first-order chi connectivity index (χ1) is 4.83. The van der Waals surface area contributed by atoms with Gasteiger partial charge in [-0.05, 0) is 0 Å². The molecule has 0 saturated carbocycles. The van der Waals surface area contributed by atoms with Crippen molar-refractivity contribution in [1.29, 1.82) is 0 Å². The largest absolute Gasteiger partial charge is 0.524 e. The van der Waals surface area contributed by atoms with Crippen LogP contribution in [0.4, 0.5) is 9.59 Å². The van der Waals surface area contributed by atoms with Crippen molar-refractivity contribution in [3.63, 3.8) is 0 Å². The van der Waals surface area contributed by atoms with Gasteiger partial charge in [-0.2, -0.15) is 0 Å². The van der Waals surface area contributed by atoms with E-state index >= 15 is 0 Å². The van der Waals surface area contributed by atoms with Crippen LogP contribution in [0.25, 0.3) is 0 Å². The molecule has 0 aliphatic heterocycles. The first kappa shape index (κ1) is 42.8. The second-order valence-corrected chi connectivity index (χ2v) is 2.26. The van der Waals surface area contributed by atoms with Gasteiger partial charge in [-0.25, -0.2) is 9.59 Å². The molecule has 0 saturated heterocycles. The molecule has 0 aliphatic carbocycles. The van der Waals surface area contributed by atoms with Gasteiger partial charge < -0.3 is 10.2 Å². The minimum Gasteiger partial charge on any atom is -0.449 e. The average Bonchev–Trinajstić information content (AvgIpc) is 1.53. The summed E-state index contributed by atoms with van der Waals surface area (Å²) in [7, 11) is -4.98. The summed E-state index contributed by atoms with van der Waals surface area (Å²) in [4.78, 5) is 19.0. The van der Waals surface area contributed by atoms with Crippen LogP contribution >= 0.6 is 0 Å². The van der Waals surface area contributed by atoms with Crippen LogP contribution in [0.1, 0.15) is 0 Å². The topological polar surface area (TPSA) is 127 Å². The van der Waals surface area contributed by atoms with Crippen LogP contribution < -0.4 is 0 Å². The summed E-state index contributed by atoms with van der Waals surface area (Å²) in [5.74, 6) is 0. The van der Waals surface area contributed by atoms with Gasteiger partial charge in [0, 0.05) is 101 Å². The van der Waals surface area contributed by atoms with Crippen molar-refractivity contribution >= 4 is 22.7 Å².